The van der Waals surface area contributed by atoms with Crippen LogP contribution < -0.4 is 5.32 Å². The number of rotatable bonds is 6. The maximum absolute atomic E-state index is 4.53. The molecule has 1 N–H and O–H groups in total. The molecular weight excluding hydrogens is 266 g/mol. The summed E-state index contributed by atoms with van der Waals surface area (Å²) in [6.07, 6.45) is 5.81. The molecule has 0 saturated carbocycles. The molecule has 1 aliphatic rings. The monoisotopic (exact) mass is 295 g/mol. The standard InChI is InChI=1S/C16H29N3S/c1-12(2)9-16-18-11-15(20-16)10-17-13(3)14-5-7-19(4)8-6-14/h11-14,17H,5-10H2,1-4H3. The molecule has 2 heterocycles. The Morgan fingerprint density at radius 2 is 2.05 bits per heavy atom. The first-order valence-corrected chi connectivity index (χ1v) is 8.71. The van der Waals surface area contributed by atoms with Gasteiger partial charge in [0.1, 0.15) is 0 Å². The van der Waals surface area contributed by atoms with Crippen molar-refractivity contribution >= 4 is 11.3 Å². The van der Waals surface area contributed by atoms with E-state index in [0.29, 0.717) is 12.0 Å². The zero-order valence-corrected chi connectivity index (χ0v) is 14.2. The highest BCUT2D eigenvalue weighted by molar-refractivity contribution is 7.11. The average Bonchev–Trinajstić information content (AvgIpc) is 2.83. The van der Waals surface area contributed by atoms with Gasteiger partial charge in [0, 0.05) is 30.1 Å². The molecule has 20 heavy (non-hydrogen) atoms. The van der Waals surface area contributed by atoms with E-state index in [1.54, 1.807) is 0 Å². The zero-order valence-electron chi connectivity index (χ0n) is 13.4. The summed E-state index contributed by atoms with van der Waals surface area (Å²) in [5.74, 6) is 1.52. The first kappa shape index (κ1) is 15.9. The second-order valence-corrected chi connectivity index (χ2v) is 7.83. The summed E-state index contributed by atoms with van der Waals surface area (Å²) in [6.45, 7) is 10.3. The molecular formula is C16H29N3S. The highest BCUT2D eigenvalue weighted by atomic mass is 32.1. The van der Waals surface area contributed by atoms with Crippen molar-refractivity contribution in [2.75, 3.05) is 20.1 Å². The molecule has 1 fully saturated rings. The topological polar surface area (TPSA) is 28.2 Å². The molecule has 0 aliphatic carbocycles. The van der Waals surface area contributed by atoms with Crippen molar-refractivity contribution in [3.63, 3.8) is 0 Å². The molecule has 0 radical (unpaired) electrons. The lowest BCUT2D eigenvalue weighted by molar-refractivity contribution is 0.189. The average molecular weight is 295 g/mol. The van der Waals surface area contributed by atoms with Crippen molar-refractivity contribution < 1.29 is 0 Å². The van der Waals surface area contributed by atoms with Crippen LogP contribution in [0.15, 0.2) is 6.20 Å². The van der Waals surface area contributed by atoms with Crippen molar-refractivity contribution in [3.05, 3.63) is 16.1 Å². The SMILES string of the molecule is CC(C)Cc1ncc(CNC(C)C2CCN(C)CC2)s1. The van der Waals surface area contributed by atoms with Gasteiger partial charge in [0.05, 0.1) is 5.01 Å². The van der Waals surface area contributed by atoms with Gasteiger partial charge in [-0.25, -0.2) is 4.98 Å². The van der Waals surface area contributed by atoms with Gasteiger partial charge in [0.15, 0.2) is 0 Å². The molecule has 0 aromatic carbocycles. The summed E-state index contributed by atoms with van der Waals surface area (Å²) in [6, 6.07) is 0.611. The van der Waals surface area contributed by atoms with Crippen LogP contribution >= 0.6 is 11.3 Å². The van der Waals surface area contributed by atoms with Crippen LogP contribution in [0.5, 0.6) is 0 Å². The number of hydrogen-bond donors (Lipinski definition) is 1. The third-order valence-corrected chi connectivity index (χ3v) is 5.27. The van der Waals surface area contributed by atoms with Gasteiger partial charge >= 0.3 is 0 Å². The fourth-order valence-corrected chi connectivity index (χ4v) is 3.92. The highest BCUT2D eigenvalue weighted by Crippen LogP contribution is 2.21. The first-order valence-electron chi connectivity index (χ1n) is 7.90. The third kappa shape index (κ3) is 4.83. The normalized spacial score (nSPS) is 19.6. The fraction of sp³-hybridized carbons (Fsp3) is 0.812. The number of aromatic nitrogens is 1. The Morgan fingerprint density at radius 1 is 1.35 bits per heavy atom. The Hall–Kier alpha value is -0.450. The lowest BCUT2D eigenvalue weighted by Crippen LogP contribution is -2.40. The molecule has 3 nitrogen and oxygen atoms in total. The van der Waals surface area contributed by atoms with Crippen LogP contribution in [-0.4, -0.2) is 36.1 Å². The largest absolute Gasteiger partial charge is 0.309 e. The van der Waals surface area contributed by atoms with Crippen molar-refractivity contribution in [1.29, 1.82) is 0 Å². The lowest BCUT2D eigenvalue weighted by atomic mass is 9.90. The molecule has 1 unspecified atom stereocenters. The van der Waals surface area contributed by atoms with Gasteiger partial charge in [-0.05, 0) is 51.7 Å². The van der Waals surface area contributed by atoms with Crippen LogP contribution in [0.3, 0.4) is 0 Å². The second kappa shape index (κ2) is 7.53. The second-order valence-electron chi connectivity index (χ2n) is 6.63. The van der Waals surface area contributed by atoms with Crippen molar-refractivity contribution in [2.24, 2.45) is 11.8 Å². The van der Waals surface area contributed by atoms with E-state index in [2.05, 4.69) is 49.2 Å². The van der Waals surface area contributed by atoms with E-state index < -0.39 is 0 Å². The summed E-state index contributed by atoms with van der Waals surface area (Å²) >= 11 is 1.87. The van der Waals surface area contributed by atoms with E-state index in [9.17, 15) is 0 Å². The van der Waals surface area contributed by atoms with Gasteiger partial charge in [0.25, 0.3) is 0 Å². The zero-order chi connectivity index (χ0) is 14.5. The van der Waals surface area contributed by atoms with Crippen molar-refractivity contribution in [2.45, 2.75) is 52.6 Å². The molecule has 1 saturated heterocycles. The summed E-state index contributed by atoms with van der Waals surface area (Å²) < 4.78 is 0. The molecule has 1 aromatic heterocycles. The summed E-state index contributed by atoms with van der Waals surface area (Å²) in [5.41, 5.74) is 0. The Bertz CT molecular complexity index is 394. The molecule has 1 atom stereocenters. The van der Waals surface area contributed by atoms with E-state index >= 15 is 0 Å². The third-order valence-electron chi connectivity index (χ3n) is 4.25. The Labute approximate surface area is 127 Å². The molecule has 4 heteroatoms. The van der Waals surface area contributed by atoms with E-state index in [4.69, 9.17) is 0 Å². The summed E-state index contributed by atoms with van der Waals surface area (Å²) in [5, 5.41) is 4.98. The molecule has 2 rings (SSSR count). The van der Waals surface area contributed by atoms with Crippen LogP contribution in [0.1, 0.15) is 43.5 Å². The van der Waals surface area contributed by atoms with Crippen LogP contribution in [0, 0.1) is 11.8 Å². The molecule has 1 aliphatic heterocycles. The minimum Gasteiger partial charge on any atom is -0.309 e. The molecule has 114 valence electrons. The van der Waals surface area contributed by atoms with E-state index in [0.717, 1.165) is 18.9 Å². The maximum atomic E-state index is 4.53. The van der Waals surface area contributed by atoms with E-state index in [-0.39, 0.29) is 0 Å². The van der Waals surface area contributed by atoms with Crippen molar-refractivity contribution in [3.8, 4) is 0 Å². The predicted molar refractivity (Wildman–Crippen MR) is 87.2 cm³/mol. The minimum atomic E-state index is 0.611. The minimum absolute atomic E-state index is 0.611. The number of hydrogen-bond acceptors (Lipinski definition) is 4. The smallest absolute Gasteiger partial charge is 0.0930 e. The predicted octanol–water partition coefficient (Wildman–Crippen LogP) is 3.16. The Morgan fingerprint density at radius 3 is 2.70 bits per heavy atom. The van der Waals surface area contributed by atoms with Gasteiger partial charge in [-0.1, -0.05) is 13.8 Å². The fourth-order valence-electron chi connectivity index (χ4n) is 2.83. The van der Waals surface area contributed by atoms with Gasteiger partial charge in [-0.15, -0.1) is 11.3 Å². The van der Waals surface area contributed by atoms with Crippen LogP contribution in [0.2, 0.25) is 0 Å². The van der Waals surface area contributed by atoms with Gasteiger partial charge in [-0.2, -0.15) is 0 Å². The van der Waals surface area contributed by atoms with Crippen LogP contribution in [0.25, 0.3) is 0 Å². The van der Waals surface area contributed by atoms with Gasteiger partial charge in [0.2, 0.25) is 0 Å². The number of likely N-dealkylation sites (tertiary alicyclic amines) is 1. The number of nitrogens with one attached hydrogen (secondary N) is 1. The highest BCUT2D eigenvalue weighted by Gasteiger charge is 2.21. The van der Waals surface area contributed by atoms with Crippen LogP contribution in [-0.2, 0) is 13.0 Å². The Balaban J connectivity index is 1.75. The quantitative estimate of drug-likeness (QED) is 0.874. The summed E-state index contributed by atoms with van der Waals surface area (Å²) in [4.78, 5) is 8.34. The maximum Gasteiger partial charge on any atom is 0.0930 e. The van der Waals surface area contributed by atoms with Gasteiger partial charge in [-0.3, -0.25) is 0 Å². The molecule has 0 amide bonds. The number of nitrogens with zero attached hydrogens (tertiary/aromatic N) is 2. The molecule has 0 bridgehead atoms. The van der Waals surface area contributed by atoms with E-state index in [1.165, 1.54) is 35.8 Å². The summed E-state index contributed by atoms with van der Waals surface area (Å²) in [7, 11) is 2.22. The molecule has 1 aromatic rings. The van der Waals surface area contributed by atoms with Gasteiger partial charge < -0.3 is 10.2 Å². The first-order chi connectivity index (χ1) is 9.54. The Kier molecular flexibility index (Phi) is 6.00. The molecule has 0 spiro atoms. The number of piperidine rings is 1. The van der Waals surface area contributed by atoms with Crippen molar-refractivity contribution in [1.82, 2.24) is 15.2 Å². The van der Waals surface area contributed by atoms with Crippen LogP contribution in [0.4, 0.5) is 0 Å². The lowest BCUT2D eigenvalue weighted by Gasteiger charge is -2.33. The van der Waals surface area contributed by atoms with E-state index in [1.807, 2.05) is 11.3 Å². The number of thiazole rings is 1.